The molecule has 1 aromatic heterocycles. The molecular weight excluding hydrogens is 547 g/mol. The number of amides is 1. The molecule has 214 valence electrons. The number of halogens is 9. The van der Waals surface area contributed by atoms with Crippen LogP contribution in [0.25, 0.3) is 0 Å². The van der Waals surface area contributed by atoms with Crippen LogP contribution in [0.3, 0.4) is 0 Å². The molecule has 2 aromatic rings. The zero-order valence-electron chi connectivity index (χ0n) is 20.1. The molecule has 2 fully saturated rings. The summed E-state index contributed by atoms with van der Waals surface area (Å²) in [5.41, 5.74) is 3.21. The summed E-state index contributed by atoms with van der Waals surface area (Å²) in [6, 6.07) is -0.159. The molecule has 3 N–H and O–H groups in total. The second kappa shape index (κ2) is 10.4. The molecule has 2 aliphatic heterocycles. The van der Waals surface area contributed by atoms with Crippen LogP contribution in [0.1, 0.15) is 30.0 Å². The standard InChI is InChI=1S/C23H23F9N6O/c24-15-5-12(23(30,31)32)1-2-14(15)16-6-21(26,27)9-38(16)20-18(25)19(35-11-36-20)34-7-13-3-4-37(8-17(33)39)10-22(13,28)29/h1-2,5,11,13,16H,3-4,6-10H2,(H2,33,39)(H,34,35,36)/t13?,16-/m1/s1. The average molecular weight is 570 g/mol. The van der Waals surface area contributed by atoms with Crippen LogP contribution in [0.4, 0.5) is 51.1 Å². The minimum Gasteiger partial charge on any atom is -0.369 e. The predicted molar refractivity (Wildman–Crippen MR) is 120 cm³/mol. The lowest BCUT2D eigenvalue weighted by Gasteiger charge is -2.37. The van der Waals surface area contributed by atoms with Crippen LogP contribution in [0, 0.1) is 17.6 Å². The Morgan fingerprint density at radius 2 is 1.85 bits per heavy atom. The maximum atomic E-state index is 15.4. The zero-order valence-corrected chi connectivity index (χ0v) is 20.1. The number of hydrogen-bond acceptors (Lipinski definition) is 6. The van der Waals surface area contributed by atoms with Crippen molar-refractivity contribution in [3.63, 3.8) is 0 Å². The highest BCUT2D eigenvalue weighted by Crippen LogP contribution is 2.45. The van der Waals surface area contributed by atoms with Crippen molar-refractivity contribution in [1.29, 1.82) is 0 Å². The molecule has 1 amide bonds. The summed E-state index contributed by atoms with van der Waals surface area (Å²) in [6.45, 7) is -2.55. The van der Waals surface area contributed by atoms with Crippen LogP contribution in [-0.2, 0) is 11.0 Å². The molecule has 0 bridgehead atoms. The Morgan fingerprint density at radius 3 is 2.46 bits per heavy atom. The van der Waals surface area contributed by atoms with Crippen LogP contribution in [0.2, 0.25) is 0 Å². The SMILES string of the molecule is NC(=O)CN1CCC(CNc2ncnc(N3CC(F)(F)C[C@@H]3c3ccc(C(F)(F)F)cc3F)c2F)C(F)(F)C1. The largest absolute Gasteiger partial charge is 0.416 e. The van der Waals surface area contributed by atoms with Crippen molar-refractivity contribution in [3.05, 3.63) is 47.3 Å². The Morgan fingerprint density at radius 1 is 1.13 bits per heavy atom. The molecule has 2 atom stereocenters. The first-order chi connectivity index (χ1) is 18.1. The number of piperidine rings is 1. The van der Waals surface area contributed by atoms with Crippen molar-refractivity contribution in [1.82, 2.24) is 14.9 Å². The van der Waals surface area contributed by atoms with E-state index in [1.165, 1.54) is 4.90 Å². The number of nitrogens with two attached hydrogens (primary N) is 1. The number of primary amides is 1. The molecule has 4 rings (SSSR count). The van der Waals surface area contributed by atoms with E-state index in [1.807, 2.05) is 0 Å². The molecule has 0 spiro atoms. The minimum absolute atomic E-state index is 0.0690. The van der Waals surface area contributed by atoms with Gasteiger partial charge in [-0.2, -0.15) is 17.6 Å². The molecule has 1 aromatic carbocycles. The first-order valence-corrected chi connectivity index (χ1v) is 11.7. The number of anilines is 2. The van der Waals surface area contributed by atoms with Crippen LogP contribution < -0.4 is 16.0 Å². The van der Waals surface area contributed by atoms with Gasteiger partial charge in [-0.15, -0.1) is 0 Å². The number of nitrogens with zero attached hydrogens (tertiary/aromatic N) is 4. The number of rotatable bonds is 7. The van der Waals surface area contributed by atoms with Gasteiger partial charge in [0.05, 0.1) is 31.2 Å². The fraction of sp³-hybridized carbons (Fsp3) is 0.522. The third-order valence-electron chi connectivity index (χ3n) is 6.72. The molecular formula is C23H23F9N6O. The van der Waals surface area contributed by atoms with E-state index in [-0.39, 0.29) is 25.6 Å². The van der Waals surface area contributed by atoms with Crippen LogP contribution in [0.15, 0.2) is 24.5 Å². The molecule has 0 saturated carbocycles. The lowest BCUT2D eigenvalue weighted by molar-refractivity contribution is -0.137. The summed E-state index contributed by atoms with van der Waals surface area (Å²) in [5, 5.41) is 2.44. The molecule has 0 radical (unpaired) electrons. The number of carbonyl (C=O) groups is 1. The van der Waals surface area contributed by atoms with Gasteiger partial charge in [0.1, 0.15) is 12.1 Å². The first kappa shape index (κ1) is 28.7. The number of aromatic nitrogens is 2. The maximum absolute atomic E-state index is 15.4. The molecule has 1 unspecified atom stereocenters. The molecule has 2 saturated heterocycles. The van der Waals surface area contributed by atoms with Gasteiger partial charge in [-0.05, 0) is 25.1 Å². The average Bonchev–Trinajstić information content (AvgIpc) is 3.12. The molecule has 0 aliphatic carbocycles. The summed E-state index contributed by atoms with van der Waals surface area (Å²) in [6.07, 6.45) is -5.17. The third-order valence-corrected chi connectivity index (χ3v) is 6.72. The Kier molecular flexibility index (Phi) is 7.62. The zero-order chi connectivity index (χ0) is 28.8. The second-order valence-electron chi connectivity index (χ2n) is 9.60. The van der Waals surface area contributed by atoms with Gasteiger partial charge < -0.3 is 16.0 Å². The van der Waals surface area contributed by atoms with Crippen molar-refractivity contribution >= 4 is 17.5 Å². The number of nitrogens with one attached hydrogen (secondary N) is 1. The van der Waals surface area contributed by atoms with Gasteiger partial charge in [-0.25, -0.2) is 31.9 Å². The van der Waals surface area contributed by atoms with Crippen molar-refractivity contribution < 1.29 is 44.3 Å². The molecule has 3 heterocycles. The quantitative estimate of drug-likeness (QED) is 0.485. The lowest BCUT2D eigenvalue weighted by Crippen LogP contribution is -2.52. The Labute approximate surface area is 216 Å². The Balaban J connectivity index is 1.55. The summed E-state index contributed by atoms with van der Waals surface area (Å²) >= 11 is 0. The fourth-order valence-corrected chi connectivity index (χ4v) is 4.86. The minimum atomic E-state index is -4.87. The van der Waals surface area contributed by atoms with Gasteiger partial charge in [-0.1, -0.05) is 6.07 Å². The van der Waals surface area contributed by atoms with E-state index in [0.717, 1.165) is 6.33 Å². The van der Waals surface area contributed by atoms with E-state index in [1.54, 1.807) is 0 Å². The number of carbonyl (C=O) groups excluding carboxylic acids is 1. The van der Waals surface area contributed by atoms with E-state index in [9.17, 15) is 39.9 Å². The Hall–Kier alpha value is -3.30. The van der Waals surface area contributed by atoms with E-state index < -0.39 is 96.3 Å². The predicted octanol–water partition coefficient (Wildman–Crippen LogP) is 4.21. The van der Waals surface area contributed by atoms with E-state index >= 15 is 4.39 Å². The summed E-state index contributed by atoms with van der Waals surface area (Å²) in [5.74, 6) is -12.7. The van der Waals surface area contributed by atoms with Crippen LogP contribution >= 0.6 is 0 Å². The van der Waals surface area contributed by atoms with Gasteiger partial charge in [0.25, 0.3) is 11.8 Å². The summed E-state index contributed by atoms with van der Waals surface area (Å²) < 4.78 is 127. The molecule has 16 heteroatoms. The van der Waals surface area contributed by atoms with Crippen molar-refractivity contribution in [2.24, 2.45) is 11.7 Å². The normalized spacial score (nSPS) is 23.2. The van der Waals surface area contributed by atoms with Crippen LogP contribution in [-0.4, -0.2) is 65.3 Å². The van der Waals surface area contributed by atoms with Crippen molar-refractivity contribution in [2.75, 3.05) is 42.9 Å². The number of alkyl halides is 7. The molecule has 2 aliphatic rings. The summed E-state index contributed by atoms with van der Waals surface area (Å²) in [4.78, 5) is 20.3. The fourth-order valence-electron chi connectivity index (χ4n) is 4.86. The topological polar surface area (TPSA) is 87.4 Å². The van der Waals surface area contributed by atoms with Gasteiger partial charge in [0, 0.05) is 24.4 Å². The van der Waals surface area contributed by atoms with E-state index in [0.29, 0.717) is 17.0 Å². The first-order valence-electron chi connectivity index (χ1n) is 11.7. The van der Waals surface area contributed by atoms with Gasteiger partial charge >= 0.3 is 6.18 Å². The van der Waals surface area contributed by atoms with Gasteiger partial charge in [0.15, 0.2) is 11.6 Å². The van der Waals surface area contributed by atoms with Gasteiger partial charge in [-0.3, -0.25) is 9.69 Å². The van der Waals surface area contributed by atoms with Crippen LogP contribution in [0.5, 0.6) is 0 Å². The monoisotopic (exact) mass is 570 g/mol. The van der Waals surface area contributed by atoms with E-state index in [4.69, 9.17) is 5.73 Å². The van der Waals surface area contributed by atoms with Gasteiger partial charge in [0.2, 0.25) is 11.7 Å². The third kappa shape index (κ3) is 6.31. The number of likely N-dealkylation sites (tertiary alicyclic amines) is 1. The highest BCUT2D eigenvalue weighted by atomic mass is 19.4. The number of hydrogen-bond donors (Lipinski definition) is 2. The molecule has 39 heavy (non-hydrogen) atoms. The smallest absolute Gasteiger partial charge is 0.369 e. The molecule has 7 nitrogen and oxygen atoms in total. The highest BCUT2D eigenvalue weighted by Gasteiger charge is 2.48. The highest BCUT2D eigenvalue weighted by molar-refractivity contribution is 5.75. The Bertz CT molecular complexity index is 1230. The van der Waals surface area contributed by atoms with Crippen molar-refractivity contribution in [3.8, 4) is 0 Å². The van der Waals surface area contributed by atoms with Crippen molar-refractivity contribution in [2.45, 2.75) is 36.9 Å². The lowest BCUT2D eigenvalue weighted by atomic mass is 9.92. The summed E-state index contributed by atoms with van der Waals surface area (Å²) in [7, 11) is 0. The second-order valence-corrected chi connectivity index (χ2v) is 9.60. The maximum Gasteiger partial charge on any atom is 0.416 e. The number of benzene rings is 1. The van der Waals surface area contributed by atoms with E-state index in [2.05, 4.69) is 15.3 Å².